The van der Waals surface area contributed by atoms with Gasteiger partial charge in [0.2, 0.25) is 6.10 Å². The minimum atomic E-state index is -0.996. The minimum absolute atomic E-state index is 0.417. The van der Waals surface area contributed by atoms with E-state index >= 15 is 0 Å². The highest BCUT2D eigenvalue weighted by Gasteiger charge is 2.26. The van der Waals surface area contributed by atoms with Gasteiger partial charge in [-0.25, -0.2) is 9.18 Å². The number of hydrogen-bond acceptors (Lipinski definition) is 4. The SMILES string of the molecule is COC(=O)C(Oc1cccc2c1CN(C)CC2)c1cccc(F)c1. The first-order chi connectivity index (χ1) is 11.6. The molecule has 2 aromatic rings. The van der Waals surface area contributed by atoms with Crippen molar-refractivity contribution >= 4 is 5.97 Å². The van der Waals surface area contributed by atoms with E-state index in [2.05, 4.69) is 11.0 Å². The van der Waals surface area contributed by atoms with Crippen molar-refractivity contribution in [2.75, 3.05) is 20.7 Å². The van der Waals surface area contributed by atoms with Gasteiger partial charge in [-0.3, -0.25) is 0 Å². The van der Waals surface area contributed by atoms with Crippen LogP contribution >= 0.6 is 0 Å². The fourth-order valence-electron chi connectivity index (χ4n) is 2.95. The number of fused-ring (bicyclic) bond motifs is 1. The first-order valence-electron chi connectivity index (χ1n) is 7.87. The Labute approximate surface area is 140 Å². The maximum absolute atomic E-state index is 13.5. The van der Waals surface area contributed by atoms with Gasteiger partial charge >= 0.3 is 5.97 Å². The number of methoxy groups -OCH3 is 1. The first-order valence-corrected chi connectivity index (χ1v) is 7.87. The lowest BCUT2D eigenvalue weighted by Gasteiger charge is -2.28. The van der Waals surface area contributed by atoms with Crippen molar-refractivity contribution in [3.63, 3.8) is 0 Å². The second-order valence-electron chi connectivity index (χ2n) is 5.96. The molecule has 1 aliphatic heterocycles. The molecule has 0 saturated carbocycles. The molecule has 0 aliphatic carbocycles. The predicted octanol–water partition coefficient (Wildman–Crippen LogP) is 3.11. The van der Waals surface area contributed by atoms with Gasteiger partial charge in [-0.15, -0.1) is 0 Å². The Bertz CT molecular complexity index is 747. The van der Waals surface area contributed by atoms with Crippen molar-refractivity contribution in [3.05, 3.63) is 65.0 Å². The second kappa shape index (κ2) is 7.01. The van der Waals surface area contributed by atoms with E-state index in [0.717, 1.165) is 25.1 Å². The van der Waals surface area contributed by atoms with E-state index in [1.807, 2.05) is 19.2 Å². The van der Waals surface area contributed by atoms with Gasteiger partial charge in [-0.05, 0) is 37.2 Å². The van der Waals surface area contributed by atoms with Crippen LogP contribution < -0.4 is 4.74 Å². The molecule has 1 unspecified atom stereocenters. The molecule has 0 saturated heterocycles. The number of likely N-dealkylation sites (N-methyl/N-ethyl adjacent to an activating group) is 1. The number of esters is 1. The first kappa shape index (κ1) is 16.5. The van der Waals surface area contributed by atoms with E-state index in [9.17, 15) is 9.18 Å². The molecule has 0 fully saturated rings. The lowest BCUT2D eigenvalue weighted by Crippen LogP contribution is -2.28. The van der Waals surface area contributed by atoms with E-state index in [0.29, 0.717) is 11.3 Å². The quantitative estimate of drug-likeness (QED) is 0.808. The average molecular weight is 329 g/mol. The second-order valence-corrected chi connectivity index (χ2v) is 5.96. The van der Waals surface area contributed by atoms with Gasteiger partial charge in [-0.2, -0.15) is 0 Å². The van der Waals surface area contributed by atoms with Crippen molar-refractivity contribution in [1.82, 2.24) is 4.90 Å². The van der Waals surface area contributed by atoms with Crippen LogP contribution in [-0.2, 0) is 22.5 Å². The molecule has 0 N–H and O–H groups in total. The molecule has 126 valence electrons. The molecular weight excluding hydrogens is 309 g/mol. The number of halogens is 1. The molecule has 3 rings (SSSR count). The topological polar surface area (TPSA) is 38.8 Å². The number of ether oxygens (including phenoxy) is 2. The van der Waals surface area contributed by atoms with E-state index in [1.54, 1.807) is 12.1 Å². The van der Waals surface area contributed by atoms with Gasteiger partial charge in [-0.1, -0.05) is 24.3 Å². The van der Waals surface area contributed by atoms with E-state index < -0.39 is 17.9 Å². The third kappa shape index (κ3) is 3.41. The molecule has 4 nitrogen and oxygen atoms in total. The van der Waals surface area contributed by atoms with Gasteiger partial charge in [0.25, 0.3) is 0 Å². The predicted molar refractivity (Wildman–Crippen MR) is 88.3 cm³/mol. The van der Waals surface area contributed by atoms with Crippen molar-refractivity contribution < 1.29 is 18.7 Å². The van der Waals surface area contributed by atoms with Crippen molar-refractivity contribution in [2.45, 2.75) is 19.1 Å². The average Bonchev–Trinajstić information content (AvgIpc) is 2.59. The van der Waals surface area contributed by atoms with Crippen LogP contribution in [0.25, 0.3) is 0 Å². The van der Waals surface area contributed by atoms with Gasteiger partial charge in [0.1, 0.15) is 11.6 Å². The number of carbonyl (C=O) groups is 1. The molecule has 0 amide bonds. The molecule has 1 heterocycles. The summed E-state index contributed by atoms with van der Waals surface area (Å²) >= 11 is 0. The fraction of sp³-hybridized carbons (Fsp3) is 0.316. The third-order valence-corrected chi connectivity index (χ3v) is 4.23. The van der Waals surface area contributed by atoms with Gasteiger partial charge in [0, 0.05) is 24.2 Å². The molecule has 1 atom stereocenters. The normalized spacial score (nSPS) is 15.5. The van der Waals surface area contributed by atoms with E-state index in [-0.39, 0.29) is 0 Å². The summed E-state index contributed by atoms with van der Waals surface area (Å²) in [4.78, 5) is 14.4. The summed E-state index contributed by atoms with van der Waals surface area (Å²) in [5, 5.41) is 0. The van der Waals surface area contributed by atoms with E-state index in [4.69, 9.17) is 9.47 Å². The molecule has 5 heteroatoms. The highest BCUT2D eigenvalue weighted by atomic mass is 19.1. The smallest absolute Gasteiger partial charge is 0.351 e. The van der Waals surface area contributed by atoms with Crippen molar-refractivity contribution in [1.29, 1.82) is 0 Å². The maximum atomic E-state index is 13.5. The molecular formula is C19H20FNO3. The van der Waals surface area contributed by atoms with Crippen LogP contribution in [0.2, 0.25) is 0 Å². The Morgan fingerprint density at radius 1 is 1.25 bits per heavy atom. The summed E-state index contributed by atoms with van der Waals surface area (Å²) in [5.74, 6) is -0.332. The maximum Gasteiger partial charge on any atom is 0.351 e. The standard InChI is InChI=1S/C19H20FNO3/c1-21-10-9-13-5-4-8-17(16(13)12-21)24-18(19(22)23-2)14-6-3-7-15(20)11-14/h3-8,11,18H,9-10,12H2,1-2H3. The number of rotatable bonds is 4. The molecule has 2 aromatic carbocycles. The summed E-state index contributed by atoms with van der Waals surface area (Å²) in [6.07, 6.45) is -0.0595. The molecule has 0 bridgehead atoms. The van der Waals surface area contributed by atoms with Gasteiger partial charge in [0.15, 0.2) is 0 Å². The van der Waals surface area contributed by atoms with Gasteiger partial charge < -0.3 is 14.4 Å². The summed E-state index contributed by atoms with van der Waals surface area (Å²) in [6.45, 7) is 1.74. The molecule has 24 heavy (non-hydrogen) atoms. The summed E-state index contributed by atoms with van der Waals surface area (Å²) in [6, 6.07) is 11.7. The fourth-order valence-corrected chi connectivity index (χ4v) is 2.95. The van der Waals surface area contributed by atoms with Crippen LogP contribution in [-0.4, -0.2) is 31.6 Å². The number of carbonyl (C=O) groups excluding carboxylic acids is 1. The number of nitrogens with zero attached hydrogens (tertiary/aromatic N) is 1. The van der Waals surface area contributed by atoms with Crippen LogP contribution in [0.5, 0.6) is 5.75 Å². The molecule has 1 aliphatic rings. The summed E-state index contributed by atoms with van der Waals surface area (Å²) < 4.78 is 24.4. The highest BCUT2D eigenvalue weighted by molar-refractivity contribution is 5.77. The monoisotopic (exact) mass is 329 g/mol. The summed E-state index contributed by atoms with van der Waals surface area (Å²) in [7, 11) is 3.34. The van der Waals surface area contributed by atoms with Crippen LogP contribution in [0, 0.1) is 5.82 Å². The van der Waals surface area contributed by atoms with Gasteiger partial charge in [0.05, 0.1) is 7.11 Å². The Kier molecular flexibility index (Phi) is 4.81. The van der Waals surface area contributed by atoms with Crippen LogP contribution in [0.1, 0.15) is 22.8 Å². The Hall–Kier alpha value is -2.40. The Morgan fingerprint density at radius 3 is 2.79 bits per heavy atom. The third-order valence-electron chi connectivity index (χ3n) is 4.23. The van der Waals surface area contributed by atoms with Crippen LogP contribution in [0.15, 0.2) is 42.5 Å². The summed E-state index contributed by atoms with van der Waals surface area (Å²) in [5.41, 5.74) is 2.72. The van der Waals surface area contributed by atoms with Crippen LogP contribution in [0.3, 0.4) is 0 Å². The van der Waals surface area contributed by atoms with Crippen molar-refractivity contribution in [3.8, 4) is 5.75 Å². The molecule has 0 spiro atoms. The van der Waals surface area contributed by atoms with E-state index in [1.165, 1.54) is 24.8 Å². The van der Waals surface area contributed by atoms with Crippen molar-refractivity contribution in [2.24, 2.45) is 0 Å². The zero-order valence-electron chi connectivity index (χ0n) is 13.8. The molecule has 0 radical (unpaired) electrons. The lowest BCUT2D eigenvalue weighted by atomic mass is 9.99. The minimum Gasteiger partial charge on any atom is -0.474 e. The lowest BCUT2D eigenvalue weighted by molar-refractivity contribution is -0.149. The highest BCUT2D eigenvalue weighted by Crippen LogP contribution is 2.31. The Balaban J connectivity index is 1.95. The molecule has 0 aromatic heterocycles. The zero-order valence-corrected chi connectivity index (χ0v) is 13.8. The van der Waals surface area contributed by atoms with Crippen LogP contribution in [0.4, 0.5) is 4.39 Å². The largest absolute Gasteiger partial charge is 0.474 e. The Morgan fingerprint density at radius 2 is 2.04 bits per heavy atom. The zero-order chi connectivity index (χ0) is 17.1. The number of hydrogen-bond donors (Lipinski definition) is 0. The number of benzene rings is 2.